The van der Waals surface area contributed by atoms with Gasteiger partial charge in [-0.25, -0.2) is 0 Å². The Kier molecular flexibility index (Phi) is 5.18. The third-order valence-corrected chi connectivity index (χ3v) is 2.89. The molecule has 0 fully saturated rings. The van der Waals surface area contributed by atoms with Gasteiger partial charge in [0.25, 0.3) is 0 Å². The lowest BCUT2D eigenvalue weighted by atomic mass is 10.0. The second-order valence-electron chi connectivity index (χ2n) is 5.18. The number of carbonyl (C=O) groups is 1. The van der Waals surface area contributed by atoms with E-state index in [1.165, 1.54) is 6.07 Å². The van der Waals surface area contributed by atoms with Gasteiger partial charge in [-0.05, 0) is 30.5 Å². The molecule has 5 nitrogen and oxygen atoms in total. The van der Waals surface area contributed by atoms with Gasteiger partial charge in [-0.3, -0.25) is 9.69 Å². The minimum Gasteiger partial charge on any atom is -0.508 e. The van der Waals surface area contributed by atoms with Gasteiger partial charge in [-0.2, -0.15) is 0 Å². The van der Waals surface area contributed by atoms with Crippen molar-refractivity contribution in [1.82, 2.24) is 4.90 Å². The van der Waals surface area contributed by atoms with E-state index in [1.807, 2.05) is 20.8 Å². The van der Waals surface area contributed by atoms with Crippen LogP contribution in [0.1, 0.15) is 32.4 Å². The lowest BCUT2D eigenvalue weighted by Crippen LogP contribution is -2.35. The Labute approximate surface area is 113 Å². The highest BCUT2D eigenvalue weighted by Gasteiger charge is 2.20. The highest BCUT2D eigenvalue weighted by molar-refractivity contribution is 5.69. The fourth-order valence-electron chi connectivity index (χ4n) is 2.07. The van der Waals surface area contributed by atoms with Gasteiger partial charge in [0.15, 0.2) is 0 Å². The number of rotatable bonds is 6. The van der Waals surface area contributed by atoms with E-state index in [0.717, 1.165) is 0 Å². The molecule has 0 aliphatic rings. The van der Waals surface area contributed by atoms with Crippen LogP contribution in [0.5, 0.6) is 11.5 Å². The molecule has 0 radical (unpaired) electrons. The normalized spacial score (nSPS) is 12.9. The van der Waals surface area contributed by atoms with E-state index in [4.69, 9.17) is 5.11 Å². The summed E-state index contributed by atoms with van der Waals surface area (Å²) >= 11 is 0. The summed E-state index contributed by atoms with van der Waals surface area (Å²) in [6.45, 7) is 6.45. The number of hydrogen-bond donors (Lipinski definition) is 3. The molecule has 1 atom stereocenters. The average molecular weight is 267 g/mol. The monoisotopic (exact) mass is 267 g/mol. The second kappa shape index (κ2) is 6.43. The SMILES string of the molecule is CC(C)CN(CC(=O)O)C(C)c1cc(O)cc(O)c1. The lowest BCUT2D eigenvalue weighted by molar-refractivity contribution is -0.139. The van der Waals surface area contributed by atoms with Gasteiger partial charge in [0.05, 0.1) is 6.54 Å². The first kappa shape index (κ1) is 15.3. The smallest absolute Gasteiger partial charge is 0.317 e. The van der Waals surface area contributed by atoms with Crippen LogP contribution in [-0.2, 0) is 4.79 Å². The lowest BCUT2D eigenvalue weighted by Gasteiger charge is -2.29. The van der Waals surface area contributed by atoms with E-state index < -0.39 is 5.97 Å². The Balaban J connectivity index is 2.96. The molecule has 0 heterocycles. The summed E-state index contributed by atoms with van der Waals surface area (Å²) in [7, 11) is 0. The largest absolute Gasteiger partial charge is 0.508 e. The first-order chi connectivity index (χ1) is 8.79. The zero-order valence-electron chi connectivity index (χ0n) is 11.5. The van der Waals surface area contributed by atoms with Crippen LogP contribution < -0.4 is 0 Å². The molecule has 106 valence electrons. The van der Waals surface area contributed by atoms with Crippen molar-refractivity contribution in [3.63, 3.8) is 0 Å². The van der Waals surface area contributed by atoms with Gasteiger partial charge in [0, 0.05) is 18.7 Å². The van der Waals surface area contributed by atoms with Gasteiger partial charge < -0.3 is 15.3 Å². The molecule has 0 aromatic heterocycles. The van der Waals surface area contributed by atoms with Crippen LogP contribution >= 0.6 is 0 Å². The van der Waals surface area contributed by atoms with Gasteiger partial charge >= 0.3 is 5.97 Å². The molecule has 1 rings (SSSR count). The summed E-state index contributed by atoms with van der Waals surface area (Å²) in [6, 6.07) is 4.13. The van der Waals surface area contributed by atoms with Gasteiger partial charge in [-0.1, -0.05) is 13.8 Å². The first-order valence-electron chi connectivity index (χ1n) is 6.28. The van der Waals surface area contributed by atoms with Crippen LogP contribution in [0.15, 0.2) is 18.2 Å². The number of carboxylic acids is 1. The van der Waals surface area contributed by atoms with Crippen LogP contribution in [0, 0.1) is 5.92 Å². The summed E-state index contributed by atoms with van der Waals surface area (Å²) in [5.41, 5.74) is 0.694. The Hall–Kier alpha value is -1.75. The average Bonchev–Trinajstić information content (AvgIpc) is 2.24. The predicted octanol–water partition coefficient (Wildman–Crippen LogP) is 2.20. The van der Waals surface area contributed by atoms with Crippen molar-refractivity contribution in [3.8, 4) is 11.5 Å². The van der Waals surface area contributed by atoms with Crippen molar-refractivity contribution in [2.75, 3.05) is 13.1 Å². The maximum absolute atomic E-state index is 10.9. The Morgan fingerprint density at radius 3 is 2.11 bits per heavy atom. The number of phenols is 2. The number of aliphatic carboxylic acids is 1. The van der Waals surface area contributed by atoms with Crippen LogP contribution in [0.4, 0.5) is 0 Å². The number of hydrogen-bond acceptors (Lipinski definition) is 4. The maximum Gasteiger partial charge on any atom is 0.317 e. The van der Waals surface area contributed by atoms with Crippen LogP contribution in [0.25, 0.3) is 0 Å². The van der Waals surface area contributed by atoms with Crippen molar-refractivity contribution < 1.29 is 20.1 Å². The van der Waals surface area contributed by atoms with Crippen molar-refractivity contribution in [3.05, 3.63) is 23.8 Å². The molecule has 0 saturated carbocycles. The van der Waals surface area contributed by atoms with E-state index in [2.05, 4.69) is 0 Å². The van der Waals surface area contributed by atoms with E-state index in [1.54, 1.807) is 17.0 Å². The summed E-state index contributed by atoms with van der Waals surface area (Å²) in [4.78, 5) is 12.7. The predicted molar refractivity (Wildman–Crippen MR) is 72.2 cm³/mol. The Morgan fingerprint density at radius 1 is 1.16 bits per heavy atom. The molecule has 0 saturated heterocycles. The molecule has 0 aliphatic heterocycles. The highest BCUT2D eigenvalue weighted by atomic mass is 16.4. The summed E-state index contributed by atoms with van der Waals surface area (Å²) in [5.74, 6) is -0.618. The standard InChI is InChI=1S/C14H21NO4/c1-9(2)7-15(8-14(18)19)10(3)11-4-12(16)6-13(17)5-11/h4-6,9-10,16-17H,7-8H2,1-3H3,(H,18,19). The third-order valence-electron chi connectivity index (χ3n) is 2.89. The van der Waals surface area contributed by atoms with Gasteiger partial charge in [-0.15, -0.1) is 0 Å². The molecule has 5 heteroatoms. The quantitative estimate of drug-likeness (QED) is 0.736. The van der Waals surface area contributed by atoms with Gasteiger partial charge in [0.1, 0.15) is 11.5 Å². The van der Waals surface area contributed by atoms with E-state index in [9.17, 15) is 15.0 Å². The summed E-state index contributed by atoms with van der Waals surface area (Å²) in [6.07, 6.45) is 0. The van der Waals surface area contributed by atoms with Gasteiger partial charge in [0.2, 0.25) is 0 Å². The minimum atomic E-state index is -0.892. The molecule has 0 spiro atoms. The number of aromatic hydroxyl groups is 2. The molecule has 1 aromatic carbocycles. The molecule has 1 aromatic rings. The first-order valence-corrected chi connectivity index (χ1v) is 6.28. The van der Waals surface area contributed by atoms with E-state index in [0.29, 0.717) is 18.0 Å². The molecule has 1 unspecified atom stereocenters. The number of phenolic OH excluding ortho intramolecular Hbond substituents is 2. The Bertz CT molecular complexity index is 425. The topological polar surface area (TPSA) is 81.0 Å². The van der Waals surface area contributed by atoms with Crippen molar-refractivity contribution in [2.24, 2.45) is 5.92 Å². The summed E-state index contributed by atoms with van der Waals surface area (Å²) < 4.78 is 0. The Morgan fingerprint density at radius 2 is 1.68 bits per heavy atom. The van der Waals surface area contributed by atoms with E-state index in [-0.39, 0.29) is 24.1 Å². The molecular weight excluding hydrogens is 246 g/mol. The molecule has 0 bridgehead atoms. The fraction of sp³-hybridized carbons (Fsp3) is 0.500. The zero-order valence-corrected chi connectivity index (χ0v) is 11.5. The molecule has 3 N–H and O–H groups in total. The fourth-order valence-corrected chi connectivity index (χ4v) is 2.07. The van der Waals surface area contributed by atoms with Crippen molar-refractivity contribution in [2.45, 2.75) is 26.8 Å². The van der Waals surface area contributed by atoms with Crippen LogP contribution in [0.2, 0.25) is 0 Å². The van der Waals surface area contributed by atoms with Crippen molar-refractivity contribution in [1.29, 1.82) is 0 Å². The molecule has 0 amide bonds. The molecule has 19 heavy (non-hydrogen) atoms. The van der Waals surface area contributed by atoms with Crippen LogP contribution in [0.3, 0.4) is 0 Å². The number of nitrogens with zero attached hydrogens (tertiary/aromatic N) is 1. The van der Waals surface area contributed by atoms with Crippen molar-refractivity contribution >= 4 is 5.97 Å². The molecule has 0 aliphatic carbocycles. The second-order valence-corrected chi connectivity index (χ2v) is 5.18. The number of benzene rings is 1. The number of carboxylic acid groups (broad SMARTS) is 1. The maximum atomic E-state index is 10.9. The summed E-state index contributed by atoms with van der Waals surface area (Å²) in [5, 5.41) is 27.9. The van der Waals surface area contributed by atoms with Crippen LogP contribution in [-0.4, -0.2) is 39.3 Å². The minimum absolute atomic E-state index is 0.0262. The highest BCUT2D eigenvalue weighted by Crippen LogP contribution is 2.28. The zero-order chi connectivity index (χ0) is 14.6. The third kappa shape index (κ3) is 4.79. The molecular formula is C14H21NO4. The van der Waals surface area contributed by atoms with E-state index >= 15 is 0 Å².